The van der Waals surface area contributed by atoms with Gasteiger partial charge in [-0.2, -0.15) is 0 Å². The molecule has 3 aliphatic rings. The summed E-state index contributed by atoms with van der Waals surface area (Å²) in [5.74, 6) is 0. The maximum Gasteiger partial charge on any atom is 0.342 e. The Hall–Kier alpha value is -2.40. The van der Waals surface area contributed by atoms with E-state index in [9.17, 15) is 4.79 Å². The zero-order chi connectivity index (χ0) is 28.3. The number of hydrogen-bond donors (Lipinski definition) is 1. The molecule has 5 heteroatoms. The van der Waals surface area contributed by atoms with Gasteiger partial charge in [0, 0.05) is 34.6 Å². The lowest BCUT2D eigenvalue weighted by Gasteiger charge is -2.48. The topological polar surface area (TPSA) is 45.5 Å². The van der Waals surface area contributed by atoms with Gasteiger partial charge < -0.3 is 14.6 Å². The van der Waals surface area contributed by atoms with Gasteiger partial charge in [0.05, 0.1) is 11.3 Å². The zero-order valence-corrected chi connectivity index (χ0v) is 26.2. The molecule has 0 fully saturated rings. The van der Waals surface area contributed by atoms with Gasteiger partial charge in [-0.25, -0.2) is 4.79 Å². The van der Waals surface area contributed by atoms with Crippen molar-refractivity contribution in [2.24, 2.45) is 0 Å². The molecule has 2 aromatic carbocycles. The van der Waals surface area contributed by atoms with Gasteiger partial charge in [-0.05, 0) is 69.4 Å². The summed E-state index contributed by atoms with van der Waals surface area (Å²) in [5, 5.41) is 4.62. The van der Waals surface area contributed by atoms with Crippen LogP contribution < -0.4 is 15.8 Å². The van der Waals surface area contributed by atoms with Crippen LogP contribution in [-0.4, -0.2) is 13.1 Å². The molecule has 4 heterocycles. The summed E-state index contributed by atoms with van der Waals surface area (Å²) in [6.07, 6.45) is 2.20. The lowest BCUT2D eigenvalue weighted by Crippen LogP contribution is -2.44. The Kier molecular flexibility index (Phi) is 5.71. The molecular weight excluding hydrogens is 500 g/mol. The standard InChI is InChI=1S/C34H44N2O2S/c1-31(2,3)20-17-22(32(4,5)6)26-24(18-20)39-29(35-26)21-15-19-16-23-27-25(28(19)38-30(21)37)34(9,10)12-14-36(27)13-11-33(23,7)8/h15-18,29,35H,11-14H2,1-10H3. The molecule has 0 spiro atoms. The predicted octanol–water partition coefficient (Wildman–Crippen LogP) is 8.77. The molecule has 3 aliphatic heterocycles. The van der Waals surface area contributed by atoms with Gasteiger partial charge in [0.2, 0.25) is 0 Å². The van der Waals surface area contributed by atoms with E-state index >= 15 is 0 Å². The largest absolute Gasteiger partial charge is 0.422 e. The number of anilines is 2. The van der Waals surface area contributed by atoms with Crippen LogP contribution in [0.3, 0.4) is 0 Å². The molecule has 0 radical (unpaired) electrons. The van der Waals surface area contributed by atoms with E-state index in [2.05, 4.69) is 104 Å². The quantitative estimate of drug-likeness (QED) is 0.310. The van der Waals surface area contributed by atoms with Crippen molar-refractivity contribution >= 4 is 34.1 Å². The Bertz CT molecular complexity index is 1560. The molecule has 1 atom stereocenters. The van der Waals surface area contributed by atoms with Gasteiger partial charge in [-0.15, -0.1) is 0 Å². The summed E-state index contributed by atoms with van der Waals surface area (Å²) >= 11 is 1.74. The van der Waals surface area contributed by atoms with Crippen molar-refractivity contribution in [2.45, 2.75) is 114 Å². The van der Waals surface area contributed by atoms with Crippen LogP contribution in [0.2, 0.25) is 0 Å². The van der Waals surface area contributed by atoms with Gasteiger partial charge in [0.15, 0.2) is 0 Å². The van der Waals surface area contributed by atoms with Crippen molar-refractivity contribution in [3.8, 4) is 0 Å². The minimum absolute atomic E-state index is 0.0212. The second kappa shape index (κ2) is 8.31. The number of fused-ring (bicyclic) bond motifs is 3. The van der Waals surface area contributed by atoms with E-state index < -0.39 is 0 Å². The van der Waals surface area contributed by atoms with Crippen LogP contribution in [0.25, 0.3) is 11.0 Å². The molecule has 0 amide bonds. The molecule has 4 nitrogen and oxygen atoms in total. The van der Waals surface area contributed by atoms with Crippen LogP contribution in [0, 0.1) is 0 Å². The molecule has 0 saturated carbocycles. The Labute approximate surface area is 237 Å². The summed E-state index contributed by atoms with van der Waals surface area (Å²) in [6, 6.07) is 9.10. The smallest absolute Gasteiger partial charge is 0.342 e. The first-order valence-electron chi connectivity index (χ1n) is 14.5. The van der Waals surface area contributed by atoms with Gasteiger partial charge in [-0.3, -0.25) is 0 Å². The van der Waals surface area contributed by atoms with E-state index in [0.29, 0.717) is 5.56 Å². The Morgan fingerprint density at radius 3 is 2.23 bits per heavy atom. The lowest BCUT2D eigenvalue weighted by atomic mass is 9.69. The lowest BCUT2D eigenvalue weighted by molar-refractivity contribution is 0.398. The third kappa shape index (κ3) is 4.22. The fourth-order valence-corrected chi connectivity index (χ4v) is 7.86. The van der Waals surface area contributed by atoms with Crippen LogP contribution in [0.1, 0.15) is 115 Å². The Morgan fingerprint density at radius 2 is 1.59 bits per heavy atom. The van der Waals surface area contributed by atoms with Crippen LogP contribution in [0.15, 0.2) is 38.4 Å². The van der Waals surface area contributed by atoms with Crippen molar-refractivity contribution in [1.29, 1.82) is 0 Å². The molecule has 1 aromatic heterocycles. The fraction of sp³-hybridized carbons (Fsp3) is 0.559. The molecule has 208 valence electrons. The Balaban J connectivity index is 1.52. The highest BCUT2D eigenvalue weighted by molar-refractivity contribution is 8.00. The fourth-order valence-electron chi connectivity index (χ4n) is 6.66. The van der Waals surface area contributed by atoms with Crippen molar-refractivity contribution < 1.29 is 4.42 Å². The first-order valence-corrected chi connectivity index (χ1v) is 15.4. The number of benzene rings is 2. The number of thioether (sulfide) groups is 1. The molecule has 0 bridgehead atoms. The number of nitrogens with zero attached hydrogens (tertiary/aromatic N) is 1. The molecule has 3 aromatic rings. The number of hydrogen-bond acceptors (Lipinski definition) is 5. The van der Waals surface area contributed by atoms with E-state index in [1.165, 1.54) is 32.8 Å². The van der Waals surface area contributed by atoms with Crippen LogP contribution >= 0.6 is 11.8 Å². The third-order valence-corrected chi connectivity index (χ3v) is 10.5. The second-order valence-electron chi connectivity index (χ2n) is 15.3. The predicted molar refractivity (Wildman–Crippen MR) is 166 cm³/mol. The van der Waals surface area contributed by atoms with E-state index in [1.54, 1.807) is 11.8 Å². The molecule has 6 rings (SSSR count). The SMILES string of the molecule is CC(C)(C)c1cc2c(c(C(C)(C)C)c1)NC(c1cc3cc4c5c(c3oc1=O)C(C)(C)CCN5CCC4(C)C)S2. The summed E-state index contributed by atoms with van der Waals surface area (Å²) in [7, 11) is 0. The van der Waals surface area contributed by atoms with Gasteiger partial charge in [0.1, 0.15) is 11.0 Å². The van der Waals surface area contributed by atoms with E-state index in [0.717, 1.165) is 42.6 Å². The molecule has 39 heavy (non-hydrogen) atoms. The average molecular weight is 545 g/mol. The van der Waals surface area contributed by atoms with Crippen LogP contribution in [0.4, 0.5) is 11.4 Å². The molecule has 0 aliphatic carbocycles. The average Bonchev–Trinajstić information content (AvgIpc) is 3.24. The van der Waals surface area contributed by atoms with Crippen LogP contribution in [0.5, 0.6) is 0 Å². The maximum absolute atomic E-state index is 13.7. The summed E-state index contributed by atoms with van der Waals surface area (Å²) < 4.78 is 6.32. The third-order valence-electron chi connectivity index (χ3n) is 9.34. The maximum atomic E-state index is 13.7. The Morgan fingerprint density at radius 1 is 0.923 bits per heavy atom. The van der Waals surface area contributed by atoms with Gasteiger partial charge in [-0.1, -0.05) is 87.1 Å². The van der Waals surface area contributed by atoms with E-state index in [1.807, 2.05) is 0 Å². The number of nitrogens with one attached hydrogen (secondary N) is 1. The van der Waals surface area contributed by atoms with Crippen LogP contribution in [-0.2, 0) is 21.7 Å². The number of rotatable bonds is 1. The molecular formula is C34H44N2O2S. The highest BCUT2D eigenvalue weighted by Crippen LogP contribution is 2.54. The first-order chi connectivity index (χ1) is 18.0. The van der Waals surface area contributed by atoms with E-state index in [-0.39, 0.29) is 32.7 Å². The van der Waals surface area contributed by atoms with Crippen molar-refractivity contribution in [3.05, 3.63) is 62.5 Å². The minimum atomic E-state index is -0.229. The highest BCUT2D eigenvalue weighted by atomic mass is 32.2. The second-order valence-corrected chi connectivity index (χ2v) is 16.5. The van der Waals surface area contributed by atoms with E-state index in [4.69, 9.17) is 4.42 Å². The molecule has 0 saturated heterocycles. The van der Waals surface area contributed by atoms with Crippen molar-refractivity contribution in [2.75, 3.05) is 23.3 Å². The zero-order valence-electron chi connectivity index (χ0n) is 25.4. The van der Waals surface area contributed by atoms with Gasteiger partial charge in [0.25, 0.3) is 0 Å². The summed E-state index contributed by atoms with van der Waals surface area (Å²) in [5.41, 5.74) is 9.02. The monoisotopic (exact) mass is 544 g/mol. The van der Waals surface area contributed by atoms with Crippen molar-refractivity contribution in [3.63, 3.8) is 0 Å². The molecule has 1 unspecified atom stereocenters. The first kappa shape index (κ1) is 26.8. The highest BCUT2D eigenvalue weighted by Gasteiger charge is 2.42. The normalized spacial score (nSPS) is 21.5. The summed E-state index contributed by atoms with van der Waals surface area (Å²) in [4.78, 5) is 17.5. The molecule has 1 N–H and O–H groups in total. The minimum Gasteiger partial charge on any atom is -0.422 e. The van der Waals surface area contributed by atoms with Crippen molar-refractivity contribution in [1.82, 2.24) is 0 Å². The summed E-state index contributed by atoms with van der Waals surface area (Å²) in [6.45, 7) is 25.0. The van der Waals surface area contributed by atoms with Gasteiger partial charge >= 0.3 is 5.63 Å².